The van der Waals surface area contributed by atoms with Crippen molar-refractivity contribution in [2.45, 2.75) is 16.8 Å². The molecule has 0 bridgehead atoms. The van der Waals surface area contributed by atoms with E-state index in [0.29, 0.717) is 15.6 Å². The molecule has 0 aliphatic heterocycles. The van der Waals surface area contributed by atoms with Crippen LogP contribution in [-0.4, -0.2) is 16.1 Å². The van der Waals surface area contributed by atoms with Gasteiger partial charge in [0.2, 0.25) is 5.91 Å². The van der Waals surface area contributed by atoms with Crippen LogP contribution in [0.1, 0.15) is 27.4 Å². The van der Waals surface area contributed by atoms with Crippen LogP contribution < -0.4 is 16.2 Å². The molecule has 1 fully saturated rings. The molecule has 0 aromatic heterocycles. The predicted molar refractivity (Wildman–Crippen MR) is 138 cm³/mol. The van der Waals surface area contributed by atoms with Crippen LogP contribution in [0.25, 0.3) is 0 Å². The van der Waals surface area contributed by atoms with E-state index in [1.54, 1.807) is 18.2 Å². The lowest BCUT2D eigenvalue weighted by Crippen LogP contribution is -2.37. The molecule has 188 valence electrons. The Hall–Kier alpha value is -2.13. The molecule has 1 aliphatic rings. The molecule has 2 atom stereocenters. The summed E-state index contributed by atoms with van der Waals surface area (Å²) in [5.74, 6) is -3.91. The van der Waals surface area contributed by atoms with Gasteiger partial charge in [-0.1, -0.05) is 40.9 Å². The molecule has 1 saturated carbocycles. The molecule has 0 saturated heterocycles. The summed E-state index contributed by atoms with van der Waals surface area (Å²) in [6.45, 7) is -0.101. The van der Waals surface area contributed by atoms with E-state index in [1.165, 1.54) is 24.3 Å². The molecule has 0 spiro atoms. The van der Waals surface area contributed by atoms with Crippen LogP contribution in [0.15, 0.2) is 54.6 Å². The molecule has 1 aliphatic carbocycles. The van der Waals surface area contributed by atoms with Gasteiger partial charge in [-0.15, -0.1) is 23.2 Å². The number of halogens is 7. The number of carbonyl (C=O) groups excluding carboxylic acids is 2. The largest absolute Gasteiger partial charge is 0.326 e. The van der Waals surface area contributed by atoms with E-state index in [0.717, 1.165) is 12.1 Å². The van der Waals surface area contributed by atoms with Gasteiger partial charge in [0.15, 0.2) is 0 Å². The molecule has 12 heteroatoms. The van der Waals surface area contributed by atoms with Gasteiger partial charge in [0.05, 0.1) is 16.5 Å². The zero-order valence-electron chi connectivity index (χ0n) is 18.0. The van der Waals surface area contributed by atoms with E-state index in [1.807, 2.05) is 0 Å². The number of carbonyl (C=O) groups is 2. The van der Waals surface area contributed by atoms with Crippen molar-refractivity contribution in [2.75, 3.05) is 5.32 Å². The highest BCUT2D eigenvalue weighted by Gasteiger charge is 2.67. The maximum absolute atomic E-state index is 13.8. The molecule has 3 aromatic carbocycles. The Morgan fingerprint density at radius 3 is 2.28 bits per heavy atom. The zero-order valence-corrected chi connectivity index (χ0v) is 21.8. The van der Waals surface area contributed by atoms with Gasteiger partial charge in [-0.3, -0.25) is 15.0 Å². The average molecular weight is 594 g/mol. The minimum Gasteiger partial charge on any atom is -0.326 e. The van der Waals surface area contributed by atoms with Gasteiger partial charge in [-0.25, -0.2) is 14.2 Å². The van der Waals surface area contributed by atoms with Crippen molar-refractivity contribution < 1.29 is 18.4 Å². The molecule has 3 N–H and O–H groups in total. The fraction of sp³-hybridized carbons (Fsp3) is 0.167. The second-order valence-corrected chi connectivity index (χ2v) is 10.8. The smallest absolute Gasteiger partial charge is 0.266 e. The van der Waals surface area contributed by atoms with Gasteiger partial charge < -0.3 is 5.32 Å². The molecular formula is C24H16Cl5F2N3O2. The van der Waals surface area contributed by atoms with Crippen molar-refractivity contribution in [1.82, 2.24) is 10.9 Å². The predicted octanol–water partition coefficient (Wildman–Crippen LogP) is 6.89. The Balaban J connectivity index is 1.41. The van der Waals surface area contributed by atoms with Gasteiger partial charge in [0.25, 0.3) is 5.91 Å². The Labute approximate surface area is 230 Å². The standard InChI is InChI=1S/C24H16Cl5F2N3O2/c25-13-5-12(6-14(26)7-13)20-21(24(20,28)29)23(36)33-16-3-4-18(27)17(9-16)22(35)34-32-10-11-1-2-15(30)8-19(11)31/h1-9,20-21,32H,10H2,(H,33,36)(H,34,35). The summed E-state index contributed by atoms with van der Waals surface area (Å²) in [5, 5.41) is 3.57. The Morgan fingerprint density at radius 1 is 0.917 bits per heavy atom. The first-order valence-electron chi connectivity index (χ1n) is 10.4. The monoisotopic (exact) mass is 591 g/mol. The number of alkyl halides is 2. The van der Waals surface area contributed by atoms with Gasteiger partial charge in [0, 0.05) is 39.8 Å². The van der Waals surface area contributed by atoms with Crippen LogP contribution in [0.2, 0.25) is 15.1 Å². The van der Waals surface area contributed by atoms with E-state index >= 15 is 0 Å². The van der Waals surface area contributed by atoms with E-state index in [4.69, 9.17) is 58.0 Å². The van der Waals surface area contributed by atoms with Crippen LogP contribution in [0.4, 0.5) is 14.5 Å². The molecule has 36 heavy (non-hydrogen) atoms. The number of benzene rings is 3. The molecule has 0 heterocycles. The van der Waals surface area contributed by atoms with Crippen molar-refractivity contribution in [2.24, 2.45) is 5.92 Å². The Morgan fingerprint density at radius 2 is 1.61 bits per heavy atom. The lowest BCUT2D eigenvalue weighted by molar-refractivity contribution is -0.117. The SMILES string of the molecule is O=C(NNCc1ccc(F)cc1F)c1cc(NC(=O)C2C(c3cc(Cl)cc(Cl)c3)C2(Cl)Cl)ccc1Cl. The Kier molecular flexibility index (Phi) is 8.00. The number of hydrogen-bond acceptors (Lipinski definition) is 3. The van der Waals surface area contributed by atoms with E-state index in [2.05, 4.69) is 16.2 Å². The second-order valence-electron chi connectivity index (χ2n) is 8.06. The van der Waals surface area contributed by atoms with Crippen molar-refractivity contribution >= 4 is 75.5 Å². The fourth-order valence-corrected chi connectivity index (χ4v) is 5.35. The third-order valence-corrected chi connectivity index (χ3v) is 7.26. The number of amides is 2. The summed E-state index contributed by atoms with van der Waals surface area (Å²) in [7, 11) is 0. The van der Waals surface area contributed by atoms with Gasteiger partial charge in [-0.2, -0.15) is 0 Å². The van der Waals surface area contributed by atoms with Crippen molar-refractivity contribution in [1.29, 1.82) is 0 Å². The van der Waals surface area contributed by atoms with E-state index in [9.17, 15) is 18.4 Å². The van der Waals surface area contributed by atoms with E-state index < -0.39 is 39.6 Å². The molecule has 3 aromatic rings. The topological polar surface area (TPSA) is 70.2 Å². The highest BCUT2D eigenvalue weighted by atomic mass is 35.5. The molecule has 2 unspecified atom stereocenters. The minimum atomic E-state index is -1.37. The quantitative estimate of drug-likeness (QED) is 0.207. The first kappa shape index (κ1) is 26.9. The summed E-state index contributed by atoms with van der Waals surface area (Å²) < 4.78 is 25.4. The molecule has 4 rings (SSSR count). The summed E-state index contributed by atoms with van der Waals surface area (Å²) in [4.78, 5) is 25.5. The summed E-state index contributed by atoms with van der Waals surface area (Å²) >= 11 is 31.0. The number of hydrazine groups is 1. The maximum atomic E-state index is 13.8. The first-order valence-corrected chi connectivity index (χ1v) is 12.3. The average Bonchev–Trinajstić information content (AvgIpc) is 3.38. The van der Waals surface area contributed by atoms with Crippen LogP contribution in [0.5, 0.6) is 0 Å². The van der Waals surface area contributed by atoms with Gasteiger partial charge >= 0.3 is 0 Å². The summed E-state index contributed by atoms with van der Waals surface area (Å²) in [5.41, 5.74) is 6.03. The van der Waals surface area contributed by atoms with Crippen LogP contribution in [-0.2, 0) is 11.3 Å². The minimum absolute atomic E-state index is 0.0403. The lowest BCUT2D eigenvalue weighted by atomic mass is 10.1. The summed E-state index contributed by atoms with van der Waals surface area (Å²) in [6, 6.07) is 12.2. The van der Waals surface area contributed by atoms with Crippen molar-refractivity contribution in [3.05, 3.63) is 98.0 Å². The second kappa shape index (κ2) is 10.7. The lowest BCUT2D eigenvalue weighted by Gasteiger charge is -2.11. The maximum Gasteiger partial charge on any atom is 0.266 e. The Bertz CT molecular complexity index is 1340. The van der Waals surface area contributed by atoms with Crippen molar-refractivity contribution in [3.63, 3.8) is 0 Å². The number of rotatable bonds is 7. The van der Waals surface area contributed by atoms with Gasteiger partial charge in [-0.05, 0) is 48.0 Å². The first-order chi connectivity index (χ1) is 17.0. The zero-order chi connectivity index (χ0) is 26.2. The third-order valence-electron chi connectivity index (χ3n) is 5.55. The molecule has 0 radical (unpaired) electrons. The van der Waals surface area contributed by atoms with Crippen molar-refractivity contribution in [3.8, 4) is 0 Å². The molecule has 2 amide bonds. The van der Waals surface area contributed by atoms with E-state index in [-0.39, 0.29) is 28.4 Å². The third kappa shape index (κ3) is 5.88. The number of nitrogens with one attached hydrogen (secondary N) is 3. The van der Waals surface area contributed by atoms with Crippen LogP contribution in [0, 0.1) is 17.6 Å². The van der Waals surface area contributed by atoms with Gasteiger partial charge in [0.1, 0.15) is 16.0 Å². The number of hydrogen-bond donors (Lipinski definition) is 3. The van der Waals surface area contributed by atoms with Crippen LogP contribution >= 0.6 is 58.0 Å². The fourth-order valence-electron chi connectivity index (χ4n) is 3.77. The summed E-state index contributed by atoms with van der Waals surface area (Å²) in [6.07, 6.45) is 0. The molecule has 5 nitrogen and oxygen atoms in total. The highest BCUT2D eigenvalue weighted by Crippen LogP contribution is 2.65. The number of anilines is 1. The molecular weight excluding hydrogens is 578 g/mol. The van der Waals surface area contributed by atoms with Crippen LogP contribution in [0.3, 0.4) is 0 Å². The highest BCUT2D eigenvalue weighted by molar-refractivity contribution is 6.53. The normalized spacial score (nSPS) is 18.0.